The van der Waals surface area contributed by atoms with Gasteiger partial charge in [0.1, 0.15) is 6.17 Å². The lowest BCUT2D eigenvalue weighted by atomic mass is 9.92. The first-order valence-corrected chi connectivity index (χ1v) is 6.62. The monoisotopic (exact) mass is 316 g/mol. The van der Waals surface area contributed by atoms with Gasteiger partial charge in [0.05, 0.1) is 0 Å². The summed E-state index contributed by atoms with van der Waals surface area (Å²) in [6.07, 6.45) is 0.949. The number of halogens is 2. The van der Waals surface area contributed by atoms with Crippen LogP contribution in [0.5, 0.6) is 0 Å². The van der Waals surface area contributed by atoms with Gasteiger partial charge in [-0.05, 0) is 36.4 Å². The van der Waals surface area contributed by atoms with Gasteiger partial charge in [-0.15, -0.1) is 4.91 Å². The van der Waals surface area contributed by atoms with Crippen LogP contribution >= 0.6 is 15.9 Å². The molecule has 0 radical (unpaired) electrons. The number of hydrogen-bond acceptors (Lipinski definition) is 3. The van der Waals surface area contributed by atoms with Crippen molar-refractivity contribution < 1.29 is 9.18 Å². The third kappa shape index (κ3) is 2.19. The van der Waals surface area contributed by atoms with E-state index >= 15 is 0 Å². The molecule has 1 amide bonds. The second kappa shape index (κ2) is 5.01. The zero-order chi connectivity index (χ0) is 13.4. The van der Waals surface area contributed by atoms with Crippen molar-refractivity contribution in [3.63, 3.8) is 0 Å². The van der Waals surface area contributed by atoms with Gasteiger partial charge in [-0.1, -0.05) is 15.9 Å². The number of carbonyl (C=O) groups excluding carboxylic acids is 1. The smallest absolute Gasteiger partial charge is 0.291 e. The van der Waals surface area contributed by atoms with Crippen LogP contribution in [0.3, 0.4) is 0 Å². The fourth-order valence-corrected chi connectivity index (χ4v) is 3.20. The first-order valence-electron chi connectivity index (χ1n) is 5.83. The Morgan fingerprint density at radius 1 is 1.61 bits per heavy atom. The number of rotatable bonds is 2. The zero-order valence-corrected chi connectivity index (χ0v) is 11.8. The molecular weight excluding hydrogens is 303 g/mol. The second-order valence-corrected chi connectivity index (χ2v) is 5.85. The van der Waals surface area contributed by atoms with E-state index in [-0.39, 0.29) is 24.2 Å². The highest BCUT2D eigenvalue weighted by Gasteiger charge is 2.43. The van der Waals surface area contributed by atoms with Crippen LogP contribution in [0.15, 0.2) is 26.9 Å². The van der Waals surface area contributed by atoms with Gasteiger partial charge in [0.25, 0.3) is 0 Å². The van der Waals surface area contributed by atoms with Gasteiger partial charge in [-0.3, -0.25) is 9.69 Å². The predicted molar refractivity (Wildman–Crippen MR) is 70.0 cm³/mol. The summed E-state index contributed by atoms with van der Waals surface area (Å²) in [7, 11) is 0. The fourth-order valence-electron chi connectivity index (χ4n) is 2.66. The molecule has 0 aromatic rings. The van der Waals surface area contributed by atoms with E-state index in [2.05, 4.69) is 21.1 Å². The van der Waals surface area contributed by atoms with Crippen LogP contribution in [-0.2, 0) is 4.79 Å². The Hall–Kier alpha value is -0.880. The van der Waals surface area contributed by atoms with Gasteiger partial charge < -0.3 is 0 Å². The molecule has 0 bridgehead atoms. The molecule has 1 aliphatic carbocycles. The summed E-state index contributed by atoms with van der Waals surface area (Å²) in [6.45, 7) is 4.24. The molecule has 0 N–H and O–H groups in total. The lowest BCUT2D eigenvalue weighted by molar-refractivity contribution is -0.114. The number of fused-ring (bicyclic) bond motifs is 1. The van der Waals surface area contributed by atoms with Crippen molar-refractivity contribution in [1.82, 2.24) is 4.90 Å². The van der Waals surface area contributed by atoms with Crippen molar-refractivity contribution in [2.45, 2.75) is 38.5 Å². The highest BCUT2D eigenvalue weighted by Crippen LogP contribution is 2.40. The SMILES string of the molecule is CC(C)N1CC(F)C2=C(C(=O)N=O)C=C(Br)CC21. The van der Waals surface area contributed by atoms with Crippen LogP contribution in [0.25, 0.3) is 0 Å². The Bertz CT molecular complexity index is 459. The van der Waals surface area contributed by atoms with Crippen molar-refractivity contribution >= 4 is 21.8 Å². The van der Waals surface area contributed by atoms with Gasteiger partial charge in [0.15, 0.2) is 0 Å². The lowest BCUT2D eigenvalue weighted by Crippen LogP contribution is -2.37. The Balaban J connectivity index is 2.48. The maximum atomic E-state index is 14.1. The normalized spacial score (nSPS) is 28.4. The molecule has 0 saturated carbocycles. The van der Waals surface area contributed by atoms with Gasteiger partial charge in [0, 0.05) is 29.4 Å². The van der Waals surface area contributed by atoms with Crippen molar-refractivity contribution in [2.24, 2.45) is 5.18 Å². The molecule has 0 aromatic carbocycles. The molecule has 2 rings (SSSR count). The minimum Gasteiger partial charge on any atom is -0.291 e. The molecule has 2 unspecified atom stereocenters. The van der Waals surface area contributed by atoms with Crippen LogP contribution in [-0.4, -0.2) is 35.6 Å². The Labute approximate surface area is 113 Å². The van der Waals surface area contributed by atoms with Crippen molar-refractivity contribution in [2.75, 3.05) is 6.54 Å². The third-order valence-electron chi connectivity index (χ3n) is 3.44. The summed E-state index contributed by atoms with van der Waals surface area (Å²) in [5, 5.41) is 2.41. The summed E-state index contributed by atoms with van der Waals surface area (Å²) >= 11 is 3.34. The number of carbonyl (C=O) groups is 1. The Morgan fingerprint density at radius 3 is 2.83 bits per heavy atom. The molecule has 18 heavy (non-hydrogen) atoms. The van der Waals surface area contributed by atoms with E-state index in [0.29, 0.717) is 12.0 Å². The maximum Gasteiger partial charge on any atom is 0.316 e. The second-order valence-electron chi connectivity index (χ2n) is 4.83. The van der Waals surface area contributed by atoms with Crippen LogP contribution < -0.4 is 0 Å². The van der Waals surface area contributed by atoms with E-state index in [1.54, 1.807) is 0 Å². The zero-order valence-electron chi connectivity index (χ0n) is 10.2. The number of likely N-dealkylation sites (tertiary alicyclic amines) is 1. The number of amides is 1. The predicted octanol–water partition coefficient (Wildman–Crippen LogP) is 2.69. The molecule has 1 fully saturated rings. The van der Waals surface area contributed by atoms with E-state index in [1.165, 1.54) is 6.08 Å². The summed E-state index contributed by atoms with van der Waals surface area (Å²) in [5.41, 5.74) is 0.528. The quantitative estimate of drug-likeness (QED) is 0.736. The average molecular weight is 317 g/mol. The molecular formula is C12H14BrFN2O2. The third-order valence-corrected chi connectivity index (χ3v) is 4.00. The molecule has 0 spiro atoms. The lowest BCUT2D eigenvalue weighted by Gasteiger charge is -2.30. The van der Waals surface area contributed by atoms with Crippen LogP contribution in [0.2, 0.25) is 0 Å². The van der Waals surface area contributed by atoms with Crippen LogP contribution in [0.1, 0.15) is 20.3 Å². The van der Waals surface area contributed by atoms with E-state index < -0.39 is 12.1 Å². The average Bonchev–Trinajstić information content (AvgIpc) is 2.64. The number of nitroso groups, excluding NO2 is 1. The standard InChI is InChI=1S/C12H14BrFN2O2/c1-6(2)16-5-9(14)11-8(12(17)15-18)3-7(13)4-10(11)16/h3,6,9-10H,4-5H2,1-2H3. The first-order chi connectivity index (χ1) is 8.45. The van der Waals surface area contributed by atoms with Crippen molar-refractivity contribution in [1.29, 1.82) is 0 Å². The Morgan fingerprint density at radius 2 is 2.28 bits per heavy atom. The summed E-state index contributed by atoms with van der Waals surface area (Å²) in [4.78, 5) is 23.9. The summed E-state index contributed by atoms with van der Waals surface area (Å²) in [5.74, 6) is -0.889. The summed E-state index contributed by atoms with van der Waals surface area (Å²) in [6, 6.07) is 0.0322. The molecule has 1 heterocycles. The number of nitrogens with zero attached hydrogens (tertiary/aromatic N) is 2. The minimum absolute atomic E-state index is 0.115. The summed E-state index contributed by atoms with van der Waals surface area (Å²) < 4.78 is 14.9. The van der Waals surface area contributed by atoms with Gasteiger partial charge in [-0.2, -0.15) is 0 Å². The van der Waals surface area contributed by atoms with Crippen LogP contribution in [0.4, 0.5) is 4.39 Å². The number of alkyl halides is 1. The fraction of sp³-hybridized carbons (Fsp3) is 0.583. The van der Waals surface area contributed by atoms with Crippen molar-refractivity contribution in [3.05, 3.63) is 26.6 Å². The largest absolute Gasteiger partial charge is 0.316 e. The van der Waals surface area contributed by atoms with E-state index in [0.717, 1.165) is 4.48 Å². The minimum atomic E-state index is -1.20. The highest BCUT2D eigenvalue weighted by molar-refractivity contribution is 9.11. The highest BCUT2D eigenvalue weighted by atomic mass is 79.9. The maximum absolute atomic E-state index is 14.1. The van der Waals surface area contributed by atoms with E-state index in [9.17, 15) is 14.1 Å². The molecule has 6 heteroatoms. The van der Waals surface area contributed by atoms with Gasteiger partial charge >= 0.3 is 5.91 Å². The Kier molecular flexibility index (Phi) is 3.77. The molecule has 0 aromatic heterocycles. The van der Waals surface area contributed by atoms with Crippen molar-refractivity contribution in [3.8, 4) is 0 Å². The molecule has 98 valence electrons. The molecule has 1 aliphatic heterocycles. The van der Waals surface area contributed by atoms with E-state index in [1.807, 2.05) is 18.7 Å². The molecule has 4 nitrogen and oxygen atoms in total. The van der Waals surface area contributed by atoms with Crippen LogP contribution in [0, 0.1) is 4.91 Å². The number of hydrogen-bond donors (Lipinski definition) is 0. The molecule has 2 aliphatic rings. The topological polar surface area (TPSA) is 49.7 Å². The van der Waals surface area contributed by atoms with Gasteiger partial charge in [0.2, 0.25) is 0 Å². The molecule has 1 saturated heterocycles. The molecule has 2 atom stereocenters. The first kappa shape index (κ1) is 13.5. The van der Waals surface area contributed by atoms with Gasteiger partial charge in [-0.25, -0.2) is 4.39 Å². The van der Waals surface area contributed by atoms with E-state index in [4.69, 9.17) is 0 Å².